The Balaban J connectivity index is 1.53. The van der Waals surface area contributed by atoms with Crippen molar-refractivity contribution in [1.29, 1.82) is 0 Å². The number of carbonyl (C=O) groups is 1. The first-order valence-corrected chi connectivity index (χ1v) is 10.4. The van der Waals surface area contributed by atoms with Crippen LogP contribution in [-0.4, -0.2) is 46.6 Å². The predicted octanol–water partition coefficient (Wildman–Crippen LogP) is 5.03. The zero-order chi connectivity index (χ0) is 22.9. The molecule has 1 N–H and O–H groups in total. The highest BCUT2D eigenvalue weighted by Gasteiger charge is 2.36. The summed E-state index contributed by atoms with van der Waals surface area (Å²) in [5.74, 6) is 0.112. The smallest absolute Gasteiger partial charge is 0.337 e. The molecule has 1 aliphatic rings. The van der Waals surface area contributed by atoms with Crippen molar-refractivity contribution in [2.45, 2.75) is 26.1 Å². The second-order valence-electron chi connectivity index (χ2n) is 8.15. The summed E-state index contributed by atoms with van der Waals surface area (Å²) in [4.78, 5) is 24.4. The van der Waals surface area contributed by atoms with Gasteiger partial charge in [0.1, 0.15) is 5.69 Å². The van der Waals surface area contributed by atoms with E-state index in [0.717, 1.165) is 28.7 Å². The van der Waals surface area contributed by atoms with Gasteiger partial charge in [0.2, 0.25) is 5.95 Å². The zero-order valence-corrected chi connectivity index (χ0v) is 17.8. The number of hydrogen-bond donors (Lipinski definition) is 1. The molecule has 1 aliphatic heterocycles. The third-order valence-electron chi connectivity index (χ3n) is 5.70. The molecule has 6 nitrogen and oxygen atoms in total. The molecule has 0 radical (unpaired) electrons. The lowest BCUT2D eigenvalue weighted by Crippen LogP contribution is -2.58. The average Bonchev–Trinajstić information content (AvgIpc) is 2.78. The van der Waals surface area contributed by atoms with Crippen LogP contribution in [0.15, 0.2) is 54.7 Å². The molecule has 0 saturated carbocycles. The van der Waals surface area contributed by atoms with E-state index < -0.39 is 11.9 Å². The van der Waals surface area contributed by atoms with Crippen LogP contribution in [0.25, 0.3) is 10.8 Å². The minimum atomic E-state index is -4.53. The molecule has 9 heteroatoms. The first-order chi connectivity index (χ1) is 15.2. The standard InChI is InChI=1S/C23H24F3N5O/c1-15(2)19-14-30(21-27-11-10-20(29-21)23(24,25)26)12-13-31(19)22(32)28-18-9-5-7-16-6-3-4-8-17(16)18/h3-11,15,19H,12-14H2,1-2H3,(H,28,32). The van der Waals surface area contributed by atoms with Gasteiger partial charge < -0.3 is 15.1 Å². The predicted molar refractivity (Wildman–Crippen MR) is 118 cm³/mol. The van der Waals surface area contributed by atoms with Crippen molar-refractivity contribution in [3.8, 4) is 0 Å². The molecule has 0 spiro atoms. The van der Waals surface area contributed by atoms with Crippen LogP contribution in [0.4, 0.5) is 29.6 Å². The lowest BCUT2D eigenvalue weighted by molar-refractivity contribution is -0.141. The van der Waals surface area contributed by atoms with Crippen LogP contribution < -0.4 is 10.2 Å². The number of amides is 2. The summed E-state index contributed by atoms with van der Waals surface area (Å²) in [5, 5.41) is 4.98. The van der Waals surface area contributed by atoms with Crippen LogP contribution in [0.2, 0.25) is 0 Å². The first-order valence-electron chi connectivity index (χ1n) is 10.4. The molecular weight excluding hydrogens is 419 g/mol. The fourth-order valence-electron chi connectivity index (χ4n) is 3.99. The Bertz CT molecular complexity index is 1110. The number of benzene rings is 2. The van der Waals surface area contributed by atoms with E-state index in [9.17, 15) is 18.0 Å². The van der Waals surface area contributed by atoms with Gasteiger partial charge in [0.05, 0.1) is 11.7 Å². The van der Waals surface area contributed by atoms with Gasteiger partial charge in [-0.25, -0.2) is 14.8 Å². The molecule has 2 amide bonds. The highest BCUT2D eigenvalue weighted by atomic mass is 19.4. The SMILES string of the molecule is CC(C)C1CN(c2nccc(C(F)(F)F)n2)CCN1C(=O)Nc1cccc2ccccc12. The number of rotatable bonds is 3. The van der Waals surface area contributed by atoms with Crippen LogP contribution in [0.3, 0.4) is 0 Å². The summed E-state index contributed by atoms with van der Waals surface area (Å²) >= 11 is 0. The van der Waals surface area contributed by atoms with E-state index in [1.54, 1.807) is 9.80 Å². The summed E-state index contributed by atoms with van der Waals surface area (Å²) < 4.78 is 39.2. The fourth-order valence-corrected chi connectivity index (χ4v) is 3.99. The van der Waals surface area contributed by atoms with Crippen molar-refractivity contribution < 1.29 is 18.0 Å². The number of anilines is 2. The number of aromatic nitrogens is 2. The van der Waals surface area contributed by atoms with Crippen LogP contribution in [0.1, 0.15) is 19.5 Å². The van der Waals surface area contributed by atoms with Gasteiger partial charge in [0.25, 0.3) is 0 Å². The Morgan fingerprint density at radius 1 is 1.09 bits per heavy atom. The van der Waals surface area contributed by atoms with Crippen LogP contribution in [-0.2, 0) is 6.18 Å². The maximum atomic E-state index is 13.2. The van der Waals surface area contributed by atoms with Crippen LogP contribution in [0.5, 0.6) is 0 Å². The highest BCUT2D eigenvalue weighted by Crippen LogP contribution is 2.29. The van der Waals surface area contributed by atoms with Gasteiger partial charge >= 0.3 is 12.2 Å². The first kappa shape index (κ1) is 21.9. The molecule has 4 rings (SSSR count). The number of nitrogens with one attached hydrogen (secondary N) is 1. The molecule has 0 bridgehead atoms. The Morgan fingerprint density at radius 2 is 1.84 bits per heavy atom. The maximum Gasteiger partial charge on any atom is 0.433 e. The molecule has 1 aromatic heterocycles. The quantitative estimate of drug-likeness (QED) is 0.617. The molecular formula is C23H24F3N5O. The third-order valence-corrected chi connectivity index (χ3v) is 5.70. The van der Waals surface area contributed by atoms with Gasteiger partial charge in [0.15, 0.2) is 0 Å². The van der Waals surface area contributed by atoms with Gasteiger partial charge in [-0.1, -0.05) is 50.2 Å². The van der Waals surface area contributed by atoms with Crippen LogP contribution in [0, 0.1) is 5.92 Å². The zero-order valence-electron chi connectivity index (χ0n) is 17.8. The molecule has 2 heterocycles. The normalized spacial score (nSPS) is 17.1. The molecule has 1 unspecified atom stereocenters. The second-order valence-corrected chi connectivity index (χ2v) is 8.15. The summed E-state index contributed by atoms with van der Waals surface area (Å²) in [6.45, 7) is 5.01. The minimum absolute atomic E-state index is 0.0274. The molecule has 168 valence electrons. The van der Waals surface area contributed by atoms with E-state index in [-0.39, 0.29) is 23.9 Å². The number of nitrogens with zero attached hydrogens (tertiary/aromatic N) is 4. The van der Waals surface area contributed by atoms with Crippen molar-refractivity contribution in [2.24, 2.45) is 5.92 Å². The monoisotopic (exact) mass is 443 g/mol. The Hall–Kier alpha value is -3.36. The number of carbonyl (C=O) groups excluding carboxylic acids is 1. The maximum absolute atomic E-state index is 13.2. The average molecular weight is 443 g/mol. The van der Waals surface area contributed by atoms with E-state index >= 15 is 0 Å². The third kappa shape index (κ3) is 4.46. The van der Waals surface area contributed by atoms with E-state index in [1.807, 2.05) is 56.3 Å². The number of urea groups is 1. The molecule has 3 aromatic rings. The van der Waals surface area contributed by atoms with Crippen molar-refractivity contribution in [3.05, 3.63) is 60.4 Å². The van der Waals surface area contributed by atoms with Gasteiger partial charge in [-0.2, -0.15) is 13.2 Å². The Morgan fingerprint density at radius 3 is 2.59 bits per heavy atom. The molecule has 2 aromatic carbocycles. The van der Waals surface area contributed by atoms with E-state index in [0.29, 0.717) is 19.6 Å². The van der Waals surface area contributed by atoms with Crippen molar-refractivity contribution >= 4 is 28.4 Å². The molecule has 1 saturated heterocycles. The summed E-state index contributed by atoms with van der Waals surface area (Å²) in [6, 6.07) is 13.9. The molecule has 0 aliphatic carbocycles. The summed E-state index contributed by atoms with van der Waals surface area (Å²) in [7, 11) is 0. The number of fused-ring (bicyclic) bond motifs is 1. The van der Waals surface area contributed by atoms with E-state index in [4.69, 9.17) is 0 Å². The lowest BCUT2D eigenvalue weighted by atomic mass is 10.00. The number of piperazine rings is 1. The summed E-state index contributed by atoms with van der Waals surface area (Å²) in [6.07, 6.45) is -3.41. The van der Waals surface area contributed by atoms with E-state index in [1.165, 1.54) is 0 Å². The van der Waals surface area contributed by atoms with Crippen molar-refractivity contribution in [1.82, 2.24) is 14.9 Å². The number of halogens is 3. The van der Waals surface area contributed by atoms with Gasteiger partial charge in [-0.15, -0.1) is 0 Å². The Kier molecular flexibility index (Phi) is 5.90. The van der Waals surface area contributed by atoms with Gasteiger partial charge in [-0.3, -0.25) is 0 Å². The second kappa shape index (κ2) is 8.64. The molecule has 1 fully saturated rings. The van der Waals surface area contributed by atoms with Crippen LogP contribution >= 0.6 is 0 Å². The van der Waals surface area contributed by atoms with Gasteiger partial charge in [0, 0.05) is 31.2 Å². The number of hydrogen-bond acceptors (Lipinski definition) is 4. The topological polar surface area (TPSA) is 61.4 Å². The van der Waals surface area contributed by atoms with Crippen molar-refractivity contribution in [2.75, 3.05) is 29.9 Å². The largest absolute Gasteiger partial charge is 0.433 e. The van der Waals surface area contributed by atoms with Crippen molar-refractivity contribution in [3.63, 3.8) is 0 Å². The van der Waals surface area contributed by atoms with Gasteiger partial charge in [-0.05, 0) is 23.4 Å². The minimum Gasteiger partial charge on any atom is -0.337 e. The fraction of sp³-hybridized carbons (Fsp3) is 0.348. The Labute approximate surface area is 184 Å². The lowest BCUT2D eigenvalue weighted by Gasteiger charge is -2.43. The van der Waals surface area contributed by atoms with E-state index in [2.05, 4.69) is 15.3 Å². The summed E-state index contributed by atoms with van der Waals surface area (Å²) in [5.41, 5.74) is -0.251. The number of alkyl halides is 3. The highest BCUT2D eigenvalue weighted by molar-refractivity contribution is 6.01. The molecule has 32 heavy (non-hydrogen) atoms. The molecule has 1 atom stereocenters.